The fourth-order valence-corrected chi connectivity index (χ4v) is 2.17. The molecule has 19 heavy (non-hydrogen) atoms. The molecule has 5 nitrogen and oxygen atoms in total. The van der Waals surface area contributed by atoms with Crippen LogP contribution in [0.25, 0.3) is 0 Å². The van der Waals surface area contributed by atoms with Crippen molar-refractivity contribution in [1.82, 2.24) is 5.32 Å². The second-order valence-corrected chi connectivity index (χ2v) is 4.86. The van der Waals surface area contributed by atoms with Crippen LogP contribution in [0.15, 0.2) is 18.2 Å². The van der Waals surface area contributed by atoms with E-state index >= 15 is 0 Å². The molecule has 5 heteroatoms. The lowest BCUT2D eigenvalue weighted by Gasteiger charge is -2.32. The zero-order valence-electron chi connectivity index (χ0n) is 11.0. The summed E-state index contributed by atoms with van der Waals surface area (Å²) < 4.78 is 5.17. The van der Waals surface area contributed by atoms with Crippen LogP contribution in [0.5, 0.6) is 5.75 Å². The molecule has 0 saturated heterocycles. The maximum atomic E-state index is 12.0. The highest BCUT2D eigenvalue weighted by molar-refractivity contribution is 5.95. The van der Waals surface area contributed by atoms with Crippen molar-refractivity contribution in [2.45, 2.75) is 25.8 Å². The van der Waals surface area contributed by atoms with Crippen molar-refractivity contribution in [2.24, 2.45) is 5.92 Å². The van der Waals surface area contributed by atoms with Gasteiger partial charge in [-0.05, 0) is 37.5 Å². The quantitative estimate of drug-likeness (QED) is 0.865. The molecule has 102 valence electrons. The van der Waals surface area contributed by atoms with Crippen molar-refractivity contribution in [1.29, 1.82) is 0 Å². The van der Waals surface area contributed by atoms with Crippen molar-refractivity contribution in [3.05, 3.63) is 29.3 Å². The van der Waals surface area contributed by atoms with Gasteiger partial charge in [-0.2, -0.15) is 0 Å². The third-order valence-corrected chi connectivity index (χ3v) is 3.49. The van der Waals surface area contributed by atoms with Crippen LogP contribution in [0, 0.1) is 12.8 Å². The van der Waals surface area contributed by atoms with Gasteiger partial charge in [0.15, 0.2) is 0 Å². The molecule has 0 unspecified atom stereocenters. The number of aliphatic carboxylic acids is 1. The molecule has 1 aromatic carbocycles. The van der Waals surface area contributed by atoms with E-state index in [0.717, 1.165) is 5.56 Å². The van der Waals surface area contributed by atoms with Gasteiger partial charge in [0.25, 0.3) is 5.91 Å². The molecule has 0 spiro atoms. The highest BCUT2D eigenvalue weighted by atomic mass is 16.5. The molecule has 0 radical (unpaired) electrons. The Balaban J connectivity index is 1.96. The number of aryl methyl sites for hydroxylation is 1. The van der Waals surface area contributed by atoms with Crippen molar-refractivity contribution >= 4 is 11.9 Å². The SMILES string of the molecule is COc1cc(C(=O)NC2CC(C(=O)O)C2)ccc1C. The molecule has 2 rings (SSSR count). The van der Waals surface area contributed by atoms with E-state index in [1.54, 1.807) is 19.2 Å². The van der Waals surface area contributed by atoms with Crippen LogP contribution >= 0.6 is 0 Å². The standard InChI is InChI=1S/C14H17NO4/c1-8-3-4-9(7-12(8)19-2)13(16)15-11-5-10(6-11)14(17)18/h3-4,7,10-11H,5-6H2,1-2H3,(H,15,16)(H,17,18). The lowest BCUT2D eigenvalue weighted by Crippen LogP contribution is -2.46. The van der Waals surface area contributed by atoms with E-state index in [9.17, 15) is 9.59 Å². The highest BCUT2D eigenvalue weighted by Gasteiger charge is 2.35. The summed E-state index contributed by atoms with van der Waals surface area (Å²) in [6, 6.07) is 5.22. The van der Waals surface area contributed by atoms with Gasteiger partial charge in [0, 0.05) is 11.6 Å². The molecule has 1 aliphatic carbocycles. The number of methoxy groups -OCH3 is 1. The van der Waals surface area contributed by atoms with Crippen molar-refractivity contribution < 1.29 is 19.4 Å². The van der Waals surface area contributed by atoms with Crippen LogP contribution in [0.3, 0.4) is 0 Å². The number of carbonyl (C=O) groups excluding carboxylic acids is 1. The molecule has 1 fully saturated rings. The lowest BCUT2D eigenvalue weighted by atomic mass is 9.80. The fourth-order valence-electron chi connectivity index (χ4n) is 2.17. The number of rotatable bonds is 4. The summed E-state index contributed by atoms with van der Waals surface area (Å²) in [5.41, 5.74) is 1.50. The molecule has 0 atom stereocenters. The molecule has 0 bridgehead atoms. The Labute approximate surface area is 111 Å². The van der Waals surface area contributed by atoms with Crippen molar-refractivity contribution in [3.8, 4) is 5.75 Å². The molecule has 0 aliphatic heterocycles. The lowest BCUT2D eigenvalue weighted by molar-refractivity contribution is -0.145. The number of hydrogen-bond acceptors (Lipinski definition) is 3. The van der Waals surface area contributed by atoms with Gasteiger partial charge in [-0.3, -0.25) is 9.59 Å². The van der Waals surface area contributed by atoms with E-state index in [1.807, 2.05) is 13.0 Å². The van der Waals surface area contributed by atoms with Gasteiger partial charge in [0.2, 0.25) is 0 Å². The Morgan fingerprint density at radius 1 is 1.37 bits per heavy atom. The minimum Gasteiger partial charge on any atom is -0.496 e. The summed E-state index contributed by atoms with van der Waals surface area (Å²) in [5, 5.41) is 11.6. The molecule has 2 N–H and O–H groups in total. The van der Waals surface area contributed by atoms with Crippen molar-refractivity contribution in [3.63, 3.8) is 0 Å². The van der Waals surface area contributed by atoms with Crippen molar-refractivity contribution in [2.75, 3.05) is 7.11 Å². The number of amides is 1. The van der Waals surface area contributed by atoms with E-state index in [4.69, 9.17) is 9.84 Å². The fraction of sp³-hybridized carbons (Fsp3) is 0.429. The van der Waals surface area contributed by atoms with Crippen LogP contribution in [0.2, 0.25) is 0 Å². The molecule has 1 aliphatic rings. The van der Waals surface area contributed by atoms with Crippen LogP contribution in [0.4, 0.5) is 0 Å². The van der Waals surface area contributed by atoms with Crippen LogP contribution in [-0.4, -0.2) is 30.1 Å². The first-order valence-electron chi connectivity index (χ1n) is 6.19. The third kappa shape index (κ3) is 2.86. The average Bonchev–Trinajstić information content (AvgIpc) is 2.33. The maximum absolute atomic E-state index is 12.0. The summed E-state index contributed by atoms with van der Waals surface area (Å²) in [5.74, 6) is -0.628. The summed E-state index contributed by atoms with van der Waals surface area (Å²) in [7, 11) is 1.56. The van der Waals surface area contributed by atoms with Gasteiger partial charge in [-0.25, -0.2) is 0 Å². The maximum Gasteiger partial charge on any atom is 0.306 e. The Kier molecular flexibility index (Phi) is 3.74. The molecule has 1 aromatic rings. The number of hydrogen-bond donors (Lipinski definition) is 2. The second-order valence-electron chi connectivity index (χ2n) is 4.86. The number of carboxylic acids is 1. The molecule has 0 aromatic heterocycles. The third-order valence-electron chi connectivity index (χ3n) is 3.49. The van der Waals surface area contributed by atoms with Gasteiger partial charge < -0.3 is 15.2 Å². The van der Waals surface area contributed by atoms with Gasteiger partial charge in [-0.1, -0.05) is 6.07 Å². The molecule has 1 amide bonds. The van der Waals surface area contributed by atoms with Gasteiger partial charge in [0.05, 0.1) is 13.0 Å². The first-order chi connectivity index (χ1) is 9.01. The normalized spacial score (nSPS) is 21.4. The first kappa shape index (κ1) is 13.4. The number of carboxylic acid groups (broad SMARTS) is 1. The summed E-state index contributed by atoms with van der Waals surface area (Å²) in [6.07, 6.45) is 1.01. The zero-order valence-corrected chi connectivity index (χ0v) is 11.0. The van der Waals surface area contributed by atoms with Gasteiger partial charge in [0.1, 0.15) is 5.75 Å². The Hall–Kier alpha value is -2.04. The monoisotopic (exact) mass is 263 g/mol. The second kappa shape index (κ2) is 5.30. The van der Waals surface area contributed by atoms with E-state index in [1.165, 1.54) is 0 Å². The van der Waals surface area contributed by atoms with Crippen LogP contribution in [-0.2, 0) is 4.79 Å². The topological polar surface area (TPSA) is 75.6 Å². The number of ether oxygens (including phenoxy) is 1. The van der Waals surface area contributed by atoms with Crippen LogP contribution < -0.4 is 10.1 Å². The molecule has 0 heterocycles. The van der Waals surface area contributed by atoms with Crippen LogP contribution in [0.1, 0.15) is 28.8 Å². The number of nitrogens with one attached hydrogen (secondary N) is 1. The minimum absolute atomic E-state index is 0.0408. The van der Waals surface area contributed by atoms with E-state index in [0.29, 0.717) is 24.2 Å². The Morgan fingerprint density at radius 3 is 2.63 bits per heavy atom. The van der Waals surface area contributed by atoms with Gasteiger partial charge >= 0.3 is 5.97 Å². The smallest absolute Gasteiger partial charge is 0.306 e. The molecular weight excluding hydrogens is 246 g/mol. The van der Waals surface area contributed by atoms with E-state index < -0.39 is 5.97 Å². The summed E-state index contributed by atoms with van der Waals surface area (Å²) >= 11 is 0. The van der Waals surface area contributed by atoms with E-state index in [2.05, 4.69) is 5.32 Å². The first-order valence-corrected chi connectivity index (χ1v) is 6.19. The summed E-state index contributed by atoms with van der Waals surface area (Å²) in [4.78, 5) is 22.7. The predicted molar refractivity (Wildman–Crippen MR) is 69.3 cm³/mol. The Morgan fingerprint density at radius 2 is 2.05 bits per heavy atom. The predicted octanol–water partition coefficient (Wildman–Crippen LogP) is 1.60. The average molecular weight is 263 g/mol. The zero-order chi connectivity index (χ0) is 14.0. The number of carbonyl (C=O) groups is 2. The molecule has 1 saturated carbocycles. The van der Waals surface area contributed by atoms with Gasteiger partial charge in [-0.15, -0.1) is 0 Å². The molecular formula is C14H17NO4. The minimum atomic E-state index is -0.789. The Bertz CT molecular complexity index is 506. The summed E-state index contributed by atoms with van der Waals surface area (Å²) in [6.45, 7) is 1.91. The number of benzene rings is 1. The highest BCUT2D eigenvalue weighted by Crippen LogP contribution is 2.28. The largest absolute Gasteiger partial charge is 0.496 e. The van der Waals surface area contributed by atoms with E-state index in [-0.39, 0.29) is 17.9 Å².